The quantitative estimate of drug-likeness (QED) is 0.856. The number of morpholine rings is 1. The van der Waals surface area contributed by atoms with E-state index in [2.05, 4.69) is 47.8 Å². The Morgan fingerprint density at radius 1 is 1.28 bits per heavy atom. The first-order valence-corrected chi connectivity index (χ1v) is 9.60. The van der Waals surface area contributed by atoms with Crippen LogP contribution in [-0.2, 0) is 23.0 Å². The molecule has 1 aromatic heterocycles. The van der Waals surface area contributed by atoms with E-state index in [1.54, 1.807) is 0 Å². The summed E-state index contributed by atoms with van der Waals surface area (Å²) in [5.74, 6) is 0.297. The van der Waals surface area contributed by atoms with E-state index in [0.717, 1.165) is 25.8 Å². The van der Waals surface area contributed by atoms with E-state index >= 15 is 0 Å². The van der Waals surface area contributed by atoms with E-state index in [0.29, 0.717) is 25.0 Å². The highest BCUT2D eigenvalue weighted by atomic mass is 16.5. The second-order valence-corrected chi connectivity index (χ2v) is 7.58. The molecule has 0 radical (unpaired) electrons. The van der Waals surface area contributed by atoms with E-state index < -0.39 is 0 Å². The van der Waals surface area contributed by atoms with Crippen LogP contribution in [0.25, 0.3) is 10.9 Å². The van der Waals surface area contributed by atoms with Crippen LogP contribution in [0.3, 0.4) is 0 Å². The Morgan fingerprint density at radius 2 is 2.12 bits per heavy atom. The Bertz CT molecular complexity index is 778. The van der Waals surface area contributed by atoms with Crippen molar-refractivity contribution in [1.29, 1.82) is 0 Å². The molecule has 2 fully saturated rings. The van der Waals surface area contributed by atoms with Gasteiger partial charge in [0.15, 0.2) is 0 Å². The smallest absolute Gasteiger partial charge is 0.223 e. The Balaban J connectivity index is 1.49. The SMILES string of the molecule is Cc1cccc2c1c(CCC(=O)N1CCOC3CCCCC31)cn2C. The molecule has 2 aromatic rings. The van der Waals surface area contributed by atoms with Crippen molar-refractivity contribution in [1.82, 2.24) is 9.47 Å². The first-order valence-electron chi connectivity index (χ1n) is 9.60. The van der Waals surface area contributed by atoms with Gasteiger partial charge in [0.1, 0.15) is 0 Å². The highest BCUT2D eigenvalue weighted by Crippen LogP contribution is 2.30. The number of ether oxygens (including phenoxy) is 1. The van der Waals surface area contributed by atoms with E-state index in [-0.39, 0.29) is 6.10 Å². The number of benzene rings is 1. The van der Waals surface area contributed by atoms with Crippen molar-refractivity contribution in [3.8, 4) is 0 Å². The van der Waals surface area contributed by atoms with Crippen molar-refractivity contribution in [2.45, 2.75) is 57.6 Å². The van der Waals surface area contributed by atoms with Crippen molar-refractivity contribution in [2.24, 2.45) is 7.05 Å². The van der Waals surface area contributed by atoms with Gasteiger partial charge in [-0.25, -0.2) is 0 Å². The third kappa shape index (κ3) is 3.08. The lowest BCUT2D eigenvalue weighted by molar-refractivity contribution is -0.149. The Labute approximate surface area is 149 Å². The Morgan fingerprint density at radius 3 is 3.00 bits per heavy atom. The molecule has 4 heteroatoms. The maximum atomic E-state index is 12.9. The molecule has 134 valence electrons. The summed E-state index contributed by atoms with van der Waals surface area (Å²) in [5.41, 5.74) is 3.83. The number of carbonyl (C=O) groups is 1. The van der Waals surface area contributed by atoms with Crippen LogP contribution in [0.2, 0.25) is 0 Å². The summed E-state index contributed by atoms with van der Waals surface area (Å²) in [6, 6.07) is 6.72. The molecule has 0 spiro atoms. The topological polar surface area (TPSA) is 34.5 Å². The van der Waals surface area contributed by atoms with Gasteiger partial charge in [-0.2, -0.15) is 0 Å². The van der Waals surface area contributed by atoms with Gasteiger partial charge in [-0.3, -0.25) is 4.79 Å². The van der Waals surface area contributed by atoms with Crippen molar-refractivity contribution < 1.29 is 9.53 Å². The second-order valence-electron chi connectivity index (χ2n) is 7.58. The maximum Gasteiger partial charge on any atom is 0.223 e. The molecular weight excluding hydrogens is 312 g/mol. The Kier molecular flexibility index (Phi) is 4.55. The number of hydrogen-bond acceptors (Lipinski definition) is 2. The molecule has 1 amide bonds. The number of fused-ring (bicyclic) bond motifs is 2. The maximum absolute atomic E-state index is 12.9. The molecule has 4 rings (SSSR count). The average Bonchev–Trinajstić information content (AvgIpc) is 2.96. The minimum Gasteiger partial charge on any atom is -0.374 e. The third-order valence-electron chi connectivity index (χ3n) is 5.96. The molecule has 1 aliphatic heterocycles. The van der Waals surface area contributed by atoms with Gasteiger partial charge in [-0.05, 0) is 43.4 Å². The molecule has 1 saturated heterocycles. The highest BCUT2D eigenvalue weighted by Gasteiger charge is 2.36. The lowest BCUT2D eigenvalue weighted by Gasteiger charge is -2.43. The number of rotatable bonds is 3. The largest absolute Gasteiger partial charge is 0.374 e. The molecule has 1 aliphatic carbocycles. The van der Waals surface area contributed by atoms with Gasteiger partial charge in [0.2, 0.25) is 5.91 Å². The summed E-state index contributed by atoms with van der Waals surface area (Å²) in [5, 5.41) is 1.32. The van der Waals surface area contributed by atoms with E-state index in [1.165, 1.54) is 34.9 Å². The number of aromatic nitrogens is 1. The van der Waals surface area contributed by atoms with Gasteiger partial charge in [0, 0.05) is 37.1 Å². The molecule has 1 aromatic carbocycles. The van der Waals surface area contributed by atoms with Gasteiger partial charge >= 0.3 is 0 Å². The summed E-state index contributed by atoms with van der Waals surface area (Å²) in [6.07, 6.45) is 8.53. The van der Waals surface area contributed by atoms with Crippen LogP contribution in [0.5, 0.6) is 0 Å². The molecule has 1 saturated carbocycles. The standard InChI is InChI=1S/C21H28N2O2/c1-15-6-5-8-18-21(15)16(14-22(18)2)10-11-20(24)23-12-13-25-19-9-4-3-7-17(19)23/h5-6,8,14,17,19H,3-4,7,9-13H2,1-2H3. The molecule has 2 heterocycles. The molecule has 0 N–H and O–H groups in total. The number of aryl methyl sites for hydroxylation is 3. The minimum absolute atomic E-state index is 0.270. The zero-order valence-electron chi connectivity index (χ0n) is 15.3. The number of amides is 1. The second kappa shape index (κ2) is 6.83. The van der Waals surface area contributed by atoms with Crippen LogP contribution in [0.15, 0.2) is 24.4 Å². The monoisotopic (exact) mass is 340 g/mol. The fraction of sp³-hybridized carbons (Fsp3) is 0.571. The molecule has 2 aliphatic rings. The number of carbonyl (C=O) groups excluding carboxylic acids is 1. The van der Waals surface area contributed by atoms with Gasteiger partial charge in [-0.1, -0.05) is 25.0 Å². The molecule has 2 atom stereocenters. The van der Waals surface area contributed by atoms with E-state index in [4.69, 9.17) is 4.74 Å². The zero-order valence-corrected chi connectivity index (χ0v) is 15.3. The van der Waals surface area contributed by atoms with Crippen LogP contribution in [0.4, 0.5) is 0 Å². The van der Waals surface area contributed by atoms with Crippen LogP contribution in [-0.4, -0.2) is 40.7 Å². The predicted octanol–water partition coefficient (Wildman–Crippen LogP) is 3.59. The van der Waals surface area contributed by atoms with E-state index in [1.807, 2.05) is 0 Å². The van der Waals surface area contributed by atoms with Crippen LogP contribution in [0, 0.1) is 6.92 Å². The van der Waals surface area contributed by atoms with Gasteiger partial charge < -0.3 is 14.2 Å². The summed E-state index contributed by atoms with van der Waals surface area (Å²) < 4.78 is 8.08. The number of nitrogens with zero attached hydrogens (tertiary/aromatic N) is 2. The minimum atomic E-state index is 0.270. The van der Waals surface area contributed by atoms with Crippen LogP contribution >= 0.6 is 0 Å². The fourth-order valence-electron chi connectivity index (χ4n) is 4.71. The van der Waals surface area contributed by atoms with Crippen molar-refractivity contribution in [3.05, 3.63) is 35.5 Å². The molecular formula is C21H28N2O2. The lowest BCUT2D eigenvalue weighted by atomic mass is 9.90. The summed E-state index contributed by atoms with van der Waals surface area (Å²) in [7, 11) is 2.09. The van der Waals surface area contributed by atoms with Crippen molar-refractivity contribution in [3.63, 3.8) is 0 Å². The molecule has 0 bridgehead atoms. The molecule has 4 nitrogen and oxygen atoms in total. The normalized spacial score (nSPS) is 23.7. The third-order valence-corrected chi connectivity index (χ3v) is 5.96. The molecule has 25 heavy (non-hydrogen) atoms. The van der Waals surface area contributed by atoms with Gasteiger partial charge in [0.05, 0.1) is 18.8 Å². The van der Waals surface area contributed by atoms with E-state index in [9.17, 15) is 4.79 Å². The fourth-order valence-corrected chi connectivity index (χ4v) is 4.71. The lowest BCUT2D eigenvalue weighted by Crippen LogP contribution is -2.54. The first-order chi connectivity index (χ1) is 12.1. The van der Waals surface area contributed by atoms with Crippen molar-refractivity contribution in [2.75, 3.05) is 13.2 Å². The average molecular weight is 340 g/mol. The predicted molar refractivity (Wildman–Crippen MR) is 99.7 cm³/mol. The molecule has 2 unspecified atom stereocenters. The Hall–Kier alpha value is -1.81. The first kappa shape index (κ1) is 16.6. The van der Waals surface area contributed by atoms with Crippen molar-refractivity contribution >= 4 is 16.8 Å². The summed E-state index contributed by atoms with van der Waals surface area (Å²) >= 11 is 0. The van der Waals surface area contributed by atoms with Gasteiger partial charge in [-0.15, -0.1) is 0 Å². The van der Waals surface area contributed by atoms with Crippen LogP contribution < -0.4 is 0 Å². The highest BCUT2D eigenvalue weighted by molar-refractivity contribution is 5.88. The summed E-state index contributed by atoms with van der Waals surface area (Å²) in [6.45, 7) is 3.61. The zero-order chi connectivity index (χ0) is 17.4. The van der Waals surface area contributed by atoms with Gasteiger partial charge in [0.25, 0.3) is 0 Å². The number of hydrogen-bond donors (Lipinski definition) is 0. The summed E-state index contributed by atoms with van der Waals surface area (Å²) in [4.78, 5) is 15.0. The van der Waals surface area contributed by atoms with Crippen LogP contribution in [0.1, 0.15) is 43.2 Å².